The molecule has 0 unspecified atom stereocenters. The molecule has 1 aliphatic heterocycles. The van der Waals surface area contributed by atoms with Crippen molar-refractivity contribution < 1.29 is 9.59 Å². The summed E-state index contributed by atoms with van der Waals surface area (Å²) in [5.74, 6) is -0.328. The Labute approximate surface area is 174 Å². The highest BCUT2D eigenvalue weighted by molar-refractivity contribution is 5.96. The molecular weight excluding hydrogens is 380 g/mol. The molecule has 0 bridgehead atoms. The van der Waals surface area contributed by atoms with Crippen LogP contribution in [0.25, 0.3) is 0 Å². The fourth-order valence-electron chi connectivity index (χ4n) is 3.60. The third kappa shape index (κ3) is 4.30. The lowest BCUT2D eigenvalue weighted by Gasteiger charge is -2.28. The largest absolute Gasteiger partial charge is 0.334 e. The molecular formula is C23H22N4O3. The second-order valence-electron chi connectivity index (χ2n) is 7.34. The lowest BCUT2D eigenvalue weighted by Crippen LogP contribution is -2.38. The maximum atomic E-state index is 13.0. The first-order valence-corrected chi connectivity index (χ1v) is 9.80. The van der Waals surface area contributed by atoms with Crippen LogP contribution in [0.15, 0.2) is 65.5 Å². The van der Waals surface area contributed by atoms with Gasteiger partial charge in [0.25, 0.3) is 11.5 Å². The summed E-state index contributed by atoms with van der Waals surface area (Å²) < 4.78 is 1.47. The van der Waals surface area contributed by atoms with Gasteiger partial charge < -0.3 is 10.2 Å². The fourth-order valence-corrected chi connectivity index (χ4v) is 3.60. The first-order chi connectivity index (χ1) is 14.5. The SMILES string of the molecule is CC(=O)Nc1cccc(C(=O)N2CCc3nn(Cc4ccccc4)c(=O)cc3C2)c1. The zero-order valence-electron chi connectivity index (χ0n) is 16.7. The highest BCUT2D eigenvalue weighted by Crippen LogP contribution is 2.19. The summed E-state index contributed by atoms with van der Waals surface area (Å²) in [5.41, 5.74) is 3.54. The summed E-state index contributed by atoms with van der Waals surface area (Å²) in [6.45, 7) is 2.71. The van der Waals surface area contributed by atoms with Crippen LogP contribution in [-0.2, 0) is 24.3 Å². The molecule has 0 aliphatic carbocycles. The maximum absolute atomic E-state index is 13.0. The Morgan fingerprint density at radius 1 is 1.07 bits per heavy atom. The maximum Gasteiger partial charge on any atom is 0.267 e. The van der Waals surface area contributed by atoms with E-state index < -0.39 is 0 Å². The van der Waals surface area contributed by atoms with Crippen LogP contribution in [0.1, 0.15) is 34.1 Å². The topological polar surface area (TPSA) is 84.3 Å². The monoisotopic (exact) mass is 402 g/mol. The zero-order chi connectivity index (χ0) is 21.1. The van der Waals surface area contributed by atoms with Crippen LogP contribution in [0.5, 0.6) is 0 Å². The molecule has 152 valence electrons. The average molecular weight is 402 g/mol. The van der Waals surface area contributed by atoms with Crippen LogP contribution in [0.3, 0.4) is 0 Å². The van der Waals surface area contributed by atoms with E-state index in [1.54, 1.807) is 35.2 Å². The van der Waals surface area contributed by atoms with Gasteiger partial charge in [0.05, 0.1) is 12.2 Å². The highest BCUT2D eigenvalue weighted by atomic mass is 16.2. The van der Waals surface area contributed by atoms with Gasteiger partial charge in [0.15, 0.2) is 0 Å². The minimum atomic E-state index is -0.190. The Bertz CT molecular complexity index is 1150. The number of hydrogen-bond acceptors (Lipinski definition) is 4. The van der Waals surface area contributed by atoms with Crippen molar-refractivity contribution in [3.63, 3.8) is 0 Å². The van der Waals surface area contributed by atoms with Gasteiger partial charge in [0, 0.05) is 49.3 Å². The second kappa shape index (κ2) is 8.32. The third-order valence-electron chi connectivity index (χ3n) is 5.04. The standard InChI is InChI=1S/C23H22N4O3/c1-16(28)24-20-9-5-8-18(12-20)23(30)26-11-10-21-19(15-26)13-22(29)27(25-21)14-17-6-3-2-4-7-17/h2-9,12-13H,10-11,14-15H2,1H3,(H,24,28). The Kier molecular flexibility index (Phi) is 5.43. The van der Waals surface area contributed by atoms with E-state index in [0.717, 1.165) is 16.8 Å². The lowest BCUT2D eigenvalue weighted by molar-refractivity contribution is -0.114. The van der Waals surface area contributed by atoms with Crippen molar-refractivity contribution in [1.82, 2.24) is 14.7 Å². The molecule has 2 amide bonds. The average Bonchev–Trinajstić information content (AvgIpc) is 2.74. The Hall–Kier alpha value is -3.74. The number of fused-ring (bicyclic) bond motifs is 1. The minimum Gasteiger partial charge on any atom is -0.334 e. The van der Waals surface area contributed by atoms with Crippen LogP contribution >= 0.6 is 0 Å². The number of nitrogens with zero attached hydrogens (tertiary/aromatic N) is 3. The third-order valence-corrected chi connectivity index (χ3v) is 5.04. The van der Waals surface area contributed by atoms with Gasteiger partial charge in [-0.25, -0.2) is 4.68 Å². The fraction of sp³-hybridized carbons (Fsp3) is 0.217. The number of carbonyl (C=O) groups excluding carboxylic acids is 2. The van der Waals surface area contributed by atoms with Gasteiger partial charge >= 0.3 is 0 Å². The van der Waals surface area contributed by atoms with Crippen LogP contribution < -0.4 is 10.9 Å². The van der Waals surface area contributed by atoms with E-state index >= 15 is 0 Å². The minimum absolute atomic E-state index is 0.138. The first kappa shape index (κ1) is 19.6. The van der Waals surface area contributed by atoms with Crippen LogP contribution in [-0.4, -0.2) is 33.0 Å². The highest BCUT2D eigenvalue weighted by Gasteiger charge is 2.24. The van der Waals surface area contributed by atoms with Crippen LogP contribution in [0.2, 0.25) is 0 Å². The van der Waals surface area contributed by atoms with Crippen LogP contribution in [0.4, 0.5) is 5.69 Å². The predicted octanol–water partition coefficient (Wildman–Crippen LogP) is 2.45. The van der Waals surface area contributed by atoms with Gasteiger partial charge in [-0.1, -0.05) is 36.4 Å². The zero-order valence-corrected chi connectivity index (χ0v) is 16.7. The molecule has 0 atom stereocenters. The van der Waals surface area contributed by atoms with E-state index in [4.69, 9.17) is 0 Å². The van der Waals surface area contributed by atoms with Crippen molar-refractivity contribution in [2.75, 3.05) is 11.9 Å². The predicted molar refractivity (Wildman–Crippen MR) is 113 cm³/mol. The molecule has 7 heteroatoms. The summed E-state index contributed by atoms with van der Waals surface area (Å²) in [7, 11) is 0. The van der Waals surface area contributed by atoms with Gasteiger partial charge in [0.2, 0.25) is 5.91 Å². The van der Waals surface area contributed by atoms with Gasteiger partial charge in [0.1, 0.15) is 0 Å². The van der Waals surface area contributed by atoms with E-state index in [2.05, 4.69) is 10.4 Å². The molecule has 0 saturated heterocycles. The van der Waals surface area contributed by atoms with Crippen molar-refractivity contribution in [2.24, 2.45) is 0 Å². The van der Waals surface area contributed by atoms with Gasteiger partial charge in [-0.05, 0) is 23.8 Å². The van der Waals surface area contributed by atoms with Gasteiger partial charge in [-0.3, -0.25) is 14.4 Å². The Morgan fingerprint density at radius 2 is 1.87 bits per heavy atom. The lowest BCUT2D eigenvalue weighted by atomic mass is 10.0. The Balaban J connectivity index is 1.52. The number of benzene rings is 2. The first-order valence-electron chi connectivity index (χ1n) is 9.80. The number of carbonyl (C=O) groups is 2. The quantitative estimate of drug-likeness (QED) is 0.727. The number of nitrogens with one attached hydrogen (secondary N) is 1. The summed E-state index contributed by atoms with van der Waals surface area (Å²) >= 11 is 0. The summed E-state index contributed by atoms with van der Waals surface area (Å²) in [6, 6.07) is 18.2. The van der Waals surface area contributed by atoms with Crippen molar-refractivity contribution in [1.29, 1.82) is 0 Å². The summed E-state index contributed by atoms with van der Waals surface area (Å²) in [4.78, 5) is 38.5. The molecule has 2 aromatic carbocycles. The van der Waals surface area contributed by atoms with Crippen molar-refractivity contribution in [3.8, 4) is 0 Å². The summed E-state index contributed by atoms with van der Waals surface area (Å²) in [6.07, 6.45) is 0.585. The van der Waals surface area contributed by atoms with Crippen molar-refractivity contribution in [3.05, 3.63) is 93.4 Å². The van der Waals surface area contributed by atoms with E-state index in [-0.39, 0.29) is 17.4 Å². The second-order valence-corrected chi connectivity index (χ2v) is 7.34. The smallest absolute Gasteiger partial charge is 0.267 e. The molecule has 4 rings (SSSR count). The van der Waals surface area contributed by atoms with E-state index in [9.17, 15) is 14.4 Å². The number of anilines is 1. The molecule has 30 heavy (non-hydrogen) atoms. The van der Waals surface area contributed by atoms with E-state index in [1.807, 2.05) is 30.3 Å². The molecule has 0 fully saturated rings. The van der Waals surface area contributed by atoms with Crippen LogP contribution in [0, 0.1) is 0 Å². The molecule has 0 radical (unpaired) electrons. The van der Waals surface area contributed by atoms with Gasteiger partial charge in [-0.15, -0.1) is 0 Å². The molecule has 1 N–H and O–H groups in total. The number of rotatable bonds is 4. The molecule has 0 saturated carbocycles. The summed E-state index contributed by atoms with van der Waals surface area (Å²) in [5, 5.41) is 7.23. The number of hydrogen-bond donors (Lipinski definition) is 1. The number of amides is 2. The number of aromatic nitrogens is 2. The van der Waals surface area contributed by atoms with E-state index in [0.29, 0.717) is 37.3 Å². The molecule has 3 aromatic rings. The molecule has 1 aromatic heterocycles. The molecule has 0 spiro atoms. The normalized spacial score (nSPS) is 12.9. The molecule has 7 nitrogen and oxygen atoms in total. The van der Waals surface area contributed by atoms with Crippen molar-refractivity contribution >= 4 is 17.5 Å². The van der Waals surface area contributed by atoms with E-state index in [1.165, 1.54) is 11.6 Å². The Morgan fingerprint density at radius 3 is 2.63 bits per heavy atom. The molecule has 1 aliphatic rings. The van der Waals surface area contributed by atoms with Crippen molar-refractivity contribution in [2.45, 2.75) is 26.4 Å². The molecule has 2 heterocycles. The van der Waals surface area contributed by atoms with Gasteiger partial charge in [-0.2, -0.15) is 5.10 Å².